The molecule has 0 aliphatic heterocycles. The summed E-state index contributed by atoms with van der Waals surface area (Å²) in [4.78, 5) is 10.9. The summed E-state index contributed by atoms with van der Waals surface area (Å²) in [5, 5.41) is 18.4. The second-order valence-corrected chi connectivity index (χ2v) is 6.43. The van der Waals surface area contributed by atoms with Crippen molar-refractivity contribution in [2.24, 2.45) is 0 Å². The molecule has 1 unspecified atom stereocenters. The summed E-state index contributed by atoms with van der Waals surface area (Å²) in [6, 6.07) is 4.62. The fraction of sp³-hybridized carbons (Fsp3) is 0.500. The number of hydrogen-bond acceptors (Lipinski definition) is 3. The molecule has 1 aromatic carbocycles. The van der Waals surface area contributed by atoms with Crippen LogP contribution in [0.1, 0.15) is 25.8 Å². The zero-order chi connectivity index (χ0) is 17.3. The van der Waals surface area contributed by atoms with Crippen molar-refractivity contribution in [2.75, 3.05) is 7.11 Å². The van der Waals surface area contributed by atoms with E-state index in [2.05, 4.69) is 15.9 Å². The average molecular weight is 385 g/mol. The zero-order valence-electron chi connectivity index (χ0n) is 12.2. The second kappa shape index (κ2) is 6.08. The largest absolute Gasteiger partial charge is 0.496 e. The van der Waals surface area contributed by atoms with Gasteiger partial charge in [0.1, 0.15) is 5.75 Å². The van der Waals surface area contributed by atoms with E-state index in [-0.39, 0.29) is 0 Å². The summed E-state index contributed by atoms with van der Waals surface area (Å²) in [5.74, 6) is -1.83. The number of hydrogen-bond donors (Lipinski definition) is 2. The van der Waals surface area contributed by atoms with E-state index in [0.717, 1.165) is 0 Å². The molecule has 0 fully saturated rings. The van der Waals surface area contributed by atoms with Gasteiger partial charge >= 0.3 is 12.1 Å². The Morgan fingerprint density at radius 1 is 1.32 bits per heavy atom. The first-order valence-corrected chi connectivity index (χ1v) is 7.01. The van der Waals surface area contributed by atoms with E-state index < -0.39 is 29.6 Å². The molecular formula is C14H16BrF3O4. The van der Waals surface area contributed by atoms with Crippen LogP contribution in [0.15, 0.2) is 22.7 Å². The number of aliphatic carboxylic acids is 1. The van der Waals surface area contributed by atoms with Crippen LogP contribution in [0.2, 0.25) is 0 Å². The van der Waals surface area contributed by atoms with Crippen molar-refractivity contribution in [2.45, 2.75) is 37.5 Å². The standard InChI is InChI=1S/C14H16BrF3O4/c1-12(2,7-13(21,11(19)20)14(16,17)18)8-4-5-10(22-3)9(15)6-8/h4-6,21H,7H2,1-3H3,(H,19,20). The number of aliphatic hydroxyl groups is 1. The van der Waals surface area contributed by atoms with Crippen LogP contribution in [0, 0.1) is 0 Å². The molecule has 0 aliphatic carbocycles. The quantitative estimate of drug-likeness (QED) is 0.815. The molecule has 2 N–H and O–H groups in total. The van der Waals surface area contributed by atoms with E-state index >= 15 is 0 Å². The minimum Gasteiger partial charge on any atom is -0.496 e. The highest BCUT2D eigenvalue weighted by molar-refractivity contribution is 9.10. The lowest BCUT2D eigenvalue weighted by molar-refractivity contribution is -0.265. The van der Waals surface area contributed by atoms with E-state index in [1.165, 1.54) is 33.1 Å². The predicted octanol–water partition coefficient (Wildman–Crippen LogP) is 3.50. The van der Waals surface area contributed by atoms with Crippen molar-refractivity contribution in [3.05, 3.63) is 28.2 Å². The first-order chi connectivity index (χ1) is 9.85. The Kier molecular flexibility index (Phi) is 5.18. The van der Waals surface area contributed by atoms with Crippen molar-refractivity contribution in [3.63, 3.8) is 0 Å². The Balaban J connectivity index is 3.24. The molecule has 0 bridgehead atoms. The molecule has 0 aliphatic rings. The number of ether oxygens (including phenoxy) is 1. The Labute approximate surface area is 134 Å². The van der Waals surface area contributed by atoms with Gasteiger partial charge in [-0.3, -0.25) is 0 Å². The first kappa shape index (κ1) is 18.8. The van der Waals surface area contributed by atoms with Crippen LogP contribution in [0.25, 0.3) is 0 Å². The van der Waals surface area contributed by atoms with Gasteiger partial charge in [0.05, 0.1) is 11.6 Å². The van der Waals surface area contributed by atoms with Gasteiger partial charge in [0.2, 0.25) is 0 Å². The molecule has 1 aromatic rings. The van der Waals surface area contributed by atoms with Crippen LogP contribution in [0.5, 0.6) is 5.75 Å². The lowest BCUT2D eigenvalue weighted by Crippen LogP contribution is -2.55. The highest BCUT2D eigenvalue weighted by Crippen LogP contribution is 2.42. The van der Waals surface area contributed by atoms with Gasteiger partial charge < -0.3 is 14.9 Å². The molecule has 0 heterocycles. The van der Waals surface area contributed by atoms with Gasteiger partial charge in [-0.25, -0.2) is 4.79 Å². The summed E-state index contributed by atoms with van der Waals surface area (Å²) >= 11 is 3.22. The fourth-order valence-corrected chi connectivity index (χ4v) is 2.67. The Hall–Kier alpha value is -1.28. The molecule has 1 atom stereocenters. The number of methoxy groups -OCH3 is 1. The van der Waals surface area contributed by atoms with Crippen LogP contribution in [0.4, 0.5) is 13.2 Å². The molecule has 1 rings (SSSR count). The van der Waals surface area contributed by atoms with E-state index in [1.54, 1.807) is 6.07 Å². The molecule has 0 saturated carbocycles. The topological polar surface area (TPSA) is 66.8 Å². The minimum absolute atomic E-state index is 0.434. The minimum atomic E-state index is -5.28. The highest BCUT2D eigenvalue weighted by atomic mass is 79.9. The summed E-state index contributed by atoms with van der Waals surface area (Å²) in [5.41, 5.74) is -4.62. The third-order valence-electron chi connectivity index (χ3n) is 3.45. The Morgan fingerprint density at radius 3 is 2.23 bits per heavy atom. The third kappa shape index (κ3) is 3.55. The van der Waals surface area contributed by atoms with E-state index in [4.69, 9.17) is 9.84 Å². The average Bonchev–Trinajstić information content (AvgIpc) is 2.36. The third-order valence-corrected chi connectivity index (χ3v) is 4.07. The summed E-state index contributed by atoms with van der Waals surface area (Å²) in [6.45, 7) is 2.86. The van der Waals surface area contributed by atoms with E-state index in [1.807, 2.05) is 0 Å². The van der Waals surface area contributed by atoms with Crippen molar-refractivity contribution < 1.29 is 32.9 Å². The van der Waals surface area contributed by atoms with Crippen molar-refractivity contribution in [1.82, 2.24) is 0 Å². The molecule has 0 amide bonds. The van der Waals surface area contributed by atoms with Crippen LogP contribution in [0.3, 0.4) is 0 Å². The maximum atomic E-state index is 12.9. The van der Waals surface area contributed by atoms with Crippen molar-refractivity contribution >= 4 is 21.9 Å². The smallest absolute Gasteiger partial charge is 0.428 e. The number of carboxylic acid groups (broad SMARTS) is 1. The summed E-state index contributed by atoms with van der Waals surface area (Å²) in [6.07, 6.45) is -6.29. The Bertz CT molecular complexity index is 572. The number of benzene rings is 1. The Morgan fingerprint density at radius 2 is 1.86 bits per heavy atom. The maximum absolute atomic E-state index is 12.9. The van der Waals surface area contributed by atoms with E-state index in [0.29, 0.717) is 15.8 Å². The normalized spacial score (nSPS) is 15.3. The molecule has 4 nitrogen and oxygen atoms in total. The summed E-state index contributed by atoms with van der Waals surface area (Å²) in [7, 11) is 1.44. The fourth-order valence-electron chi connectivity index (χ4n) is 2.13. The van der Waals surface area contributed by atoms with Gasteiger partial charge in [-0.15, -0.1) is 0 Å². The van der Waals surface area contributed by atoms with Crippen molar-refractivity contribution in [1.29, 1.82) is 0 Å². The van der Waals surface area contributed by atoms with Gasteiger partial charge in [-0.1, -0.05) is 19.9 Å². The molecule has 8 heteroatoms. The maximum Gasteiger partial charge on any atom is 0.428 e. The van der Waals surface area contributed by atoms with Crippen LogP contribution in [-0.4, -0.2) is 35.1 Å². The number of carbonyl (C=O) groups is 1. The SMILES string of the molecule is COc1ccc(C(C)(C)CC(O)(C(=O)O)C(F)(F)F)cc1Br. The van der Waals surface area contributed by atoms with Crippen LogP contribution < -0.4 is 4.74 Å². The number of alkyl halides is 3. The lowest BCUT2D eigenvalue weighted by Gasteiger charge is -2.35. The van der Waals surface area contributed by atoms with Crippen LogP contribution in [-0.2, 0) is 10.2 Å². The van der Waals surface area contributed by atoms with Gasteiger partial charge in [-0.2, -0.15) is 13.2 Å². The lowest BCUT2D eigenvalue weighted by atomic mass is 9.75. The summed E-state index contributed by atoms with van der Waals surface area (Å²) < 4.78 is 44.4. The van der Waals surface area contributed by atoms with Gasteiger partial charge in [0, 0.05) is 6.42 Å². The van der Waals surface area contributed by atoms with Crippen molar-refractivity contribution in [3.8, 4) is 5.75 Å². The monoisotopic (exact) mass is 384 g/mol. The van der Waals surface area contributed by atoms with Gasteiger partial charge in [0.25, 0.3) is 5.60 Å². The second-order valence-electron chi connectivity index (χ2n) is 5.57. The predicted molar refractivity (Wildman–Crippen MR) is 77.0 cm³/mol. The number of carboxylic acids is 1. The molecule has 0 radical (unpaired) electrons. The van der Waals surface area contributed by atoms with Gasteiger partial charge in [-0.05, 0) is 39.0 Å². The van der Waals surface area contributed by atoms with Crippen LogP contribution >= 0.6 is 15.9 Å². The number of rotatable bonds is 5. The molecule has 22 heavy (non-hydrogen) atoms. The highest BCUT2D eigenvalue weighted by Gasteiger charge is 2.61. The number of halogens is 4. The zero-order valence-corrected chi connectivity index (χ0v) is 13.7. The molecule has 0 saturated heterocycles. The molecule has 0 aromatic heterocycles. The molecule has 0 spiro atoms. The molecule has 124 valence electrons. The first-order valence-electron chi connectivity index (χ1n) is 6.21. The van der Waals surface area contributed by atoms with Gasteiger partial charge in [0.15, 0.2) is 0 Å². The molecular weight excluding hydrogens is 369 g/mol. The van der Waals surface area contributed by atoms with E-state index in [9.17, 15) is 23.1 Å².